The van der Waals surface area contributed by atoms with E-state index in [0.717, 1.165) is 28.0 Å². The first-order valence-electron chi connectivity index (χ1n) is 7.37. The Hall–Kier alpha value is -3.15. The molecule has 3 heterocycles. The lowest BCUT2D eigenvalue weighted by Crippen LogP contribution is -1.94. The first-order valence-corrected chi connectivity index (χ1v) is 7.37. The minimum absolute atomic E-state index is 0.627. The Kier molecular flexibility index (Phi) is 3.08. The lowest BCUT2D eigenvalue weighted by Gasteiger charge is -2.04. The van der Waals surface area contributed by atoms with Gasteiger partial charge in [-0.15, -0.1) is 0 Å². The number of aryl methyl sites for hydroxylation is 1. The van der Waals surface area contributed by atoms with E-state index < -0.39 is 0 Å². The molecule has 0 spiro atoms. The molecule has 3 N–H and O–H groups in total. The summed E-state index contributed by atoms with van der Waals surface area (Å²) >= 11 is 0. The van der Waals surface area contributed by atoms with Gasteiger partial charge >= 0.3 is 0 Å². The van der Waals surface area contributed by atoms with Gasteiger partial charge in [-0.2, -0.15) is 10.2 Å². The average molecular weight is 304 g/mol. The van der Waals surface area contributed by atoms with Gasteiger partial charge in [0.2, 0.25) is 0 Å². The number of H-pyrrole nitrogens is 1. The lowest BCUT2D eigenvalue weighted by molar-refractivity contribution is 0.767. The van der Waals surface area contributed by atoms with E-state index in [0.29, 0.717) is 17.6 Å². The summed E-state index contributed by atoms with van der Waals surface area (Å²) in [5.74, 6) is 0. The van der Waals surface area contributed by atoms with Gasteiger partial charge in [0.05, 0.1) is 23.3 Å². The van der Waals surface area contributed by atoms with Gasteiger partial charge in [0.15, 0.2) is 0 Å². The first-order chi connectivity index (χ1) is 11.2. The van der Waals surface area contributed by atoms with Crippen molar-refractivity contribution < 1.29 is 0 Å². The van der Waals surface area contributed by atoms with Crippen molar-refractivity contribution in [2.45, 2.75) is 6.42 Å². The van der Waals surface area contributed by atoms with Crippen LogP contribution in [0.1, 0.15) is 11.3 Å². The van der Waals surface area contributed by atoms with Crippen LogP contribution in [0.5, 0.6) is 0 Å². The van der Waals surface area contributed by atoms with Gasteiger partial charge in [0.25, 0.3) is 0 Å². The summed E-state index contributed by atoms with van der Waals surface area (Å²) < 4.78 is 1.78. The summed E-state index contributed by atoms with van der Waals surface area (Å²) in [5, 5.41) is 11.6. The van der Waals surface area contributed by atoms with Crippen molar-refractivity contribution in [1.82, 2.24) is 25.0 Å². The second-order valence-corrected chi connectivity index (χ2v) is 5.56. The number of benzene rings is 1. The largest absolute Gasteiger partial charge is 0.397 e. The van der Waals surface area contributed by atoms with Gasteiger partial charge in [-0.25, -0.2) is 4.98 Å². The van der Waals surface area contributed by atoms with Crippen LogP contribution in [-0.4, -0.2) is 25.0 Å². The summed E-state index contributed by atoms with van der Waals surface area (Å²) in [6.07, 6.45) is 4.52. The van der Waals surface area contributed by atoms with Gasteiger partial charge in [-0.05, 0) is 11.6 Å². The SMILES string of the molecule is Cn1cc(Cc2[nH]nc3c(N)cc(-c4ccccc4)nc23)cn1. The fourth-order valence-corrected chi connectivity index (χ4v) is 2.71. The van der Waals surface area contributed by atoms with Gasteiger partial charge < -0.3 is 5.73 Å². The Morgan fingerprint density at radius 1 is 1.17 bits per heavy atom. The maximum Gasteiger partial charge on any atom is 0.134 e. The number of nitrogens with two attached hydrogens (primary N) is 1. The van der Waals surface area contributed by atoms with Crippen molar-refractivity contribution in [3.63, 3.8) is 0 Å². The normalized spacial score (nSPS) is 11.2. The molecule has 0 atom stereocenters. The molecule has 0 aliphatic heterocycles. The van der Waals surface area contributed by atoms with Crippen molar-refractivity contribution in [2.24, 2.45) is 7.05 Å². The summed E-state index contributed by atoms with van der Waals surface area (Å²) in [6, 6.07) is 11.9. The number of rotatable bonds is 3. The molecule has 0 aliphatic rings. The third kappa shape index (κ3) is 2.44. The average Bonchev–Trinajstić information content (AvgIpc) is 3.16. The van der Waals surface area contributed by atoms with Crippen LogP contribution in [0.2, 0.25) is 0 Å². The van der Waals surface area contributed by atoms with Crippen molar-refractivity contribution in [2.75, 3.05) is 5.73 Å². The van der Waals surface area contributed by atoms with E-state index in [1.807, 2.05) is 55.8 Å². The molecule has 0 bridgehead atoms. The molecular formula is C17H16N6. The van der Waals surface area contributed by atoms with Gasteiger partial charge in [-0.1, -0.05) is 30.3 Å². The van der Waals surface area contributed by atoms with Crippen molar-refractivity contribution in [1.29, 1.82) is 0 Å². The third-order valence-corrected chi connectivity index (χ3v) is 3.82. The highest BCUT2D eigenvalue weighted by Gasteiger charge is 2.13. The smallest absolute Gasteiger partial charge is 0.134 e. The van der Waals surface area contributed by atoms with Crippen LogP contribution in [0, 0.1) is 0 Å². The quantitative estimate of drug-likeness (QED) is 0.609. The molecule has 4 rings (SSSR count). The van der Waals surface area contributed by atoms with Gasteiger partial charge in [-0.3, -0.25) is 9.78 Å². The molecule has 0 amide bonds. The Bertz CT molecular complexity index is 967. The Morgan fingerprint density at radius 2 is 2.00 bits per heavy atom. The van der Waals surface area contributed by atoms with Crippen LogP contribution in [0.3, 0.4) is 0 Å². The molecule has 4 aromatic rings. The number of fused-ring (bicyclic) bond motifs is 1. The number of hydrogen-bond donors (Lipinski definition) is 2. The number of nitrogen functional groups attached to an aromatic ring is 1. The minimum atomic E-state index is 0.627. The summed E-state index contributed by atoms with van der Waals surface area (Å²) in [6.45, 7) is 0. The van der Waals surface area contributed by atoms with Gasteiger partial charge in [0.1, 0.15) is 11.0 Å². The first kappa shape index (κ1) is 13.5. The van der Waals surface area contributed by atoms with E-state index in [9.17, 15) is 0 Å². The molecule has 1 aromatic carbocycles. The number of nitrogens with one attached hydrogen (secondary N) is 1. The molecule has 0 unspecified atom stereocenters. The number of aromatic amines is 1. The predicted octanol–water partition coefficient (Wildman–Crippen LogP) is 2.53. The molecule has 0 saturated carbocycles. The molecule has 0 aliphatic carbocycles. The Morgan fingerprint density at radius 3 is 2.74 bits per heavy atom. The van der Waals surface area contributed by atoms with Crippen LogP contribution >= 0.6 is 0 Å². The number of aromatic nitrogens is 5. The van der Waals surface area contributed by atoms with E-state index in [-0.39, 0.29) is 0 Å². The number of pyridine rings is 1. The van der Waals surface area contributed by atoms with E-state index in [2.05, 4.69) is 15.3 Å². The summed E-state index contributed by atoms with van der Waals surface area (Å²) in [7, 11) is 1.90. The highest BCUT2D eigenvalue weighted by molar-refractivity contribution is 5.91. The summed E-state index contributed by atoms with van der Waals surface area (Å²) in [4.78, 5) is 4.77. The van der Waals surface area contributed by atoms with Crippen LogP contribution in [0.15, 0.2) is 48.8 Å². The molecule has 114 valence electrons. The molecule has 6 heteroatoms. The fourth-order valence-electron chi connectivity index (χ4n) is 2.71. The van der Waals surface area contributed by atoms with E-state index in [1.165, 1.54) is 0 Å². The Labute approximate surface area is 133 Å². The van der Waals surface area contributed by atoms with Crippen molar-refractivity contribution in [3.05, 3.63) is 60.0 Å². The fraction of sp³-hybridized carbons (Fsp3) is 0.118. The highest BCUT2D eigenvalue weighted by Crippen LogP contribution is 2.27. The minimum Gasteiger partial charge on any atom is -0.397 e. The summed E-state index contributed by atoms with van der Waals surface area (Å²) in [5.41, 5.74) is 12.2. The molecule has 3 aromatic heterocycles. The maximum absolute atomic E-state index is 6.17. The number of anilines is 1. The zero-order valence-corrected chi connectivity index (χ0v) is 12.7. The van der Waals surface area contributed by atoms with Crippen molar-refractivity contribution >= 4 is 16.7 Å². The zero-order chi connectivity index (χ0) is 15.8. The lowest BCUT2D eigenvalue weighted by atomic mass is 10.1. The van der Waals surface area contributed by atoms with E-state index >= 15 is 0 Å². The van der Waals surface area contributed by atoms with Crippen LogP contribution in [0.4, 0.5) is 5.69 Å². The van der Waals surface area contributed by atoms with E-state index in [4.69, 9.17) is 10.7 Å². The number of nitrogens with zero attached hydrogens (tertiary/aromatic N) is 4. The zero-order valence-electron chi connectivity index (χ0n) is 12.7. The highest BCUT2D eigenvalue weighted by atomic mass is 15.2. The molecule has 23 heavy (non-hydrogen) atoms. The standard InChI is InChI=1S/C17H16N6/c1-23-10-11(9-19-23)7-15-17-16(22-21-15)13(18)8-14(20-17)12-5-3-2-4-6-12/h2-6,8-10H,7H2,1H3,(H2,18,20)(H,21,22). The maximum atomic E-state index is 6.17. The Balaban J connectivity index is 1.82. The second-order valence-electron chi connectivity index (χ2n) is 5.56. The molecule has 0 saturated heterocycles. The third-order valence-electron chi connectivity index (χ3n) is 3.82. The second kappa shape index (κ2) is 5.24. The van der Waals surface area contributed by atoms with E-state index in [1.54, 1.807) is 4.68 Å². The molecule has 0 radical (unpaired) electrons. The van der Waals surface area contributed by atoms with Crippen molar-refractivity contribution in [3.8, 4) is 11.3 Å². The molecular weight excluding hydrogens is 288 g/mol. The van der Waals surface area contributed by atoms with Gasteiger partial charge in [0, 0.05) is 25.2 Å². The topological polar surface area (TPSA) is 85.4 Å². The van der Waals surface area contributed by atoms with Crippen LogP contribution in [0.25, 0.3) is 22.3 Å². The van der Waals surface area contributed by atoms with Crippen LogP contribution < -0.4 is 5.73 Å². The molecule has 6 nitrogen and oxygen atoms in total. The van der Waals surface area contributed by atoms with Crippen LogP contribution in [-0.2, 0) is 13.5 Å². The predicted molar refractivity (Wildman–Crippen MR) is 89.8 cm³/mol. The molecule has 0 fully saturated rings. The number of hydrogen-bond acceptors (Lipinski definition) is 4. The monoisotopic (exact) mass is 304 g/mol.